The highest BCUT2D eigenvalue weighted by molar-refractivity contribution is 6.33. The molecule has 1 unspecified atom stereocenters. The van der Waals surface area contributed by atoms with Gasteiger partial charge in [0.15, 0.2) is 0 Å². The molecule has 16 heavy (non-hydrogen) atoms. The number of hydrogen-bond acceptors (Lipinski definition) is 3. The number of hydrogen-bond donors (Lipinski definition) is 2. The zero-order valence-corrected chi connectivity index (χ0v) is 10.2. The zero-order chi connectivity index (χ0) is 11.5. The number of rotatable bonds is 3. The molecule has 2 rings (SSSR count). The van der Waals surface area contributed by atoms with Crippen LogP contribution >= 0.6 is 11.6 Å². The van der Waals surface area contributed by atoms with Crippen molar-refractivity contribution in [2.45, 2.75) is 25.9 Å². The van der Waals surface area contributed by atoms with Gasteiger partial charge >= 0.3 is 0 Å². The Kier molecular flexibility index (Phi) is 3.56. The van der Waals surface area contributed by atoms with Crippen molar-refractivity contribution in [1.29, 1.82) is 0 Å². The van der Waals surface area contributed by atoms with E-state index in [9.17, 15) is 0 Å². The van der Waals surface area contributed by atoms with E-state index >= 15 is 0 Å². The van der Waals surface area contributed by atoms with Crippen LogP contribution in [0.4, 0.5) is 11.4 Å². The lowest BCUT2D eigenvalue weighted by Crippen LogP contribution is -2.18. The maximum absolute atomic E-state index is 5.98. The van der Waals surface area contributed by atoms with Gasteiger partial charge in [0.25, 0.3) is 0 Å². The first kappa shape index (κ1) is 11.6. The fourth-order valence-electron chi connectivity index (χ4n) is 1.92. The van der Waals surface area contributed by atoms with E-state index in [1.807, 2.05) is 19.1 Å². The van der Waals surface area contributed by atoms with E-state index in [0.717, 1.165) is 37.2 Å². The topological polar surface area (TPSA) is 47.3 Å². The molecule has 0 aromatic heterocycles. The van der Waals surface area contributed by atoms with Crippen LogP contribution in [-0.4, -0.2) is 19.3 Å². The van der Waals surface area contributed by atoms with Gasteiger partial charge in [0, 0.05) is 18.8 Å². The van der Waals surface area contributed by atoms with Gasteiger partial charge in [-0.15, -0.1) is 0 Å². The molecule has 1 aliphatic heterocycles. The van der Waals surface area contributed by atoms with Crippen LogP contribution < -0.4 is 11.1 Å². The Morgan fingerprint density at radius 2 is 2.38 bits per heavy atom. The second-order valence-electron chi connectivity index (χ2n) is 4.20. The highest BCUT2D eigenvalue weighted by Crippen LogP contribution is 2.27. The van der Waals surface area contributed by atoms with E-state index in [0.29, 0.717) is 16.8 Å². The molecule has 3 nitrogen and oxygen atoms in total. The molecular formula is C12H17ClN2O. The SMILES string of the molecule is Cc1cc(N)c(Cl)cc1NCC1CCCO1. The van der Waals surface area contributed by atoms with Gasteiger partial charge in [-0.3, -0.25) is 0 Å². The summed E-state index contributed by atoms with van der Waals surface area (Å²) >= 11 is 5.98. The van der Waals surface area contributed by atoms with Gasteiger partial charge in [0.1, 0.15) is 0 Å². The second-order valence-corrected chi connectivity index (χ2v) is 4.61. The number of nitrogen functional groups attached to an aromatic ring is 1. The van der Waals surface area contributed by atoms with Crippen LogP contribution in [0.3, 0.4) is 0 Å². The first-order valence-electron chi connectivity index (χ1n) is 5.58. The van der Waals surface area contributed by atoms with Crippen LogP contribution in [0.15, 0.2) is 12.1 Å². The Balaban J connectivity index is 2.00. The molecule has 1 fully saturated rings. The molecule has 4 heteroatoms. The monoisotopic (exact) mass is 240 g/mol. The molecule has 1 heterocycles. The molecule has 1 saturated heterocycles. The van der Waals surface area contributed by atoms with Crippen molar-refractivity contribution in [2.24, 2.45) is 0 Å². The summed E-state index contributed by atoms with van der Waals surface area (Å²) in [5, 5.41) is 3.96. The average molecular weight is 241 g/mol. The first-order chi connectivity index (χ1) is 7.66. The summed E-state index contributed by atoms with van der Waals surface area (Å²) < 4.78 is 5.55. The van der Waals surface area contributed by atoms with E-state index in [1.165, 1.54) is 0 Å². The highest BCUT2D eigenvalue weighted by Gasteiger charge is 2.15. The predicted molar refractivity (Wildman–Crippen MR) is 68.1 cm³/mol. The Bertz CT molecular complexity index is 376. The standard InChI is InChI=1S/C12H17ClN2O/c1-8-5-11(14)10(13)6-12(8)15-7-9-3-2-4-16-9/h5-6,9,15H,2-4,7,14H2,1H3. The van der Waals surface area contributed by atoms with E-state index in [-0.39, 0.29) is 0 Å². The smallest absolute Gasteiger partial charge is 0.0748 e. The molecule has 0 bridgehead atoms. The molecule has 0 aliphatic carbocycles. The molecule has 88 valence electrons. The third-order valence-electron chi connectivity index (χ3n) is 2.89. The minimum Gasteiger partial charge on any atom is -0.398 e. The summed E-state index contributed by atoms with van der Waals surface area (Å²) in [4.78, 5) is 0. The molecule has 1 aromatic rings. The molecular weight excluding hydrogens is 224 g/mol. The molecule has 1 atom stereocenters. The molecule has 0 amide bonds. The lowest BCUT2D eigenvalue weighted by atomic mass is 10.1. The van der Waals surface area contributed by atoms with Gasteiger partial charge in [-0.05, 0) is 37.5 Å². The summed E-state index contributed by atoms with van der Waals surface area (Å²) in [6.07, 6.45) is 2.62. The summed E-state index contributed by atoms with van der Waals surface area (Å²) in [5.74, 6) is 0. The third-order valence-corrected chi connectivity index (χ3v) is 3.22. The summed E-state index contributed by atoms with van der Waals surface area (Å²) in [6.45, 7) is 3.74. The maximum Gasteiger partial charge on any atom is 0.0748 e. The summed E-state index contributed by atoms with van der Waals surface area (Å²) in [6, 6.07) is 3.77. The van der Waals surface area contributed by atoms with Crippen molar-refractivity contribution in [2.75, 3.05) is 24.2 Å². The van der Waals surface area contributed by atoms with Crippen LogP contribution in [0, 0.1) is 6.92 Å². The van der Waals surface area contributed by atoms with Crippen LogP contribution in [-0.2, 0) is 4.74 Å². The largest absolute Gasteiger partial charge is 0.398 e. The van der Waals surface area contributed by atoms with Crippen molar-refractivity contribution in [3.05, 3.63) is 22.7 Å². The lowest BCUT2D eigenvalue weighted by molar-refractivity contribution is 0.120. The predicted octanol–water partition coefficient (Wildman–Crippen LogP) is 2.82. The molecule has 1 aromatic carbocycles. The Labute approximate surface area is 101 Å². The second kappa shape index (κ2) is 4.93. The van der Waals surface area contributed by atoms with Gasteiger partial charge in [-0.2, -0.15) is 0 Å². The van der Waals surface area contributed by atoms with Gasteiger partial charge in [0.05, 0.1) is 16.8 Å². The van der Waals surface area contributed by atoms with Gasteiger partial charge in [0.2, 0.25) is 0 Å². The number of benzene rings is 1. The van der Waals surface area contributed by atoms with Crippen molar-refractivity contribution in [3.63, 3.8) is 0 Å². The van der Waals surface area contributed by atoms with E-state index in [1.54, 1.807) is 0 Å². The highest BCUT2D eigenvalue weighted by atomic mass is 35.5. The van der Waals surface area contributed by atoms with E-state index in [4.69, 9.17) is 22.1 Å². The number of anilines is 2. The Hall–Kier alpha value is -0.930. The van der Waals surface area contributed by atoms with Crippen LogP contribution in [0.1, 0.15) is 18.4 Å². The van der Waals surface area contributed by atoms with Crippen molar-refractivity contribution in [3.8, 4) is 0 Å². The van der Waals surface area contributed by atoms with Gasteiger partial charge in [-0.25, -0.2) is 0 Å². The quantitative estimate of drug-likeness (QED) is 0.799. The molecule has 3 N–H and O–H groups in total. The Morgan fingerprint density at radius 3 is 3.06 bits per heavy atom. The van der Waals surface area contributed by atoms with Crippen molar-refractivity contribution < 1.29 is 4.74 Å². The lowest BCUT2D eigenvalue weighted by Gasteiger charge is -2.14. The van der Waals surface area contributed by atoms with Crippen molar-refractivity contribution in [1.82, 2.24) is 0 Å². The fourth-order valence-corrected chi connectivity index (χ4v) is 2.09. The number of nitrogens with one attached hydrogen (secondary N) is 1. The minimum atomic E-state index is 0.329. The number of ether oxygens (including phenoxy) is 1. The molecule has 0 radical (unpaired) electrons. The summed E-state index contributed by atoms with van der Waals surface area (Å²) in [7, 11) is 0. The van der Waals surface area contributed by atoms with Crippen molar-refractivity contribution >= 4 is 23.0 Å². The molecule has 1 aliphatic rings. The number of aryl methyl sites for hydroxylation is 1. The normalized spacial score (nSPS) is 20.0. The fraction of sp³-hybridized carbons (Fsp3) is 0.500. The van der Waals surface area contributed by atoms with Crippen LogP contribution in [0.5, 0.6) is 0 Å². The average Bonchev–Trinajstić information content (AvgIpc) is 2.74. The van der Waals surface area contributed by atoms with Gasteiger partial charge < -0.3 is 15.8 Å². The number of halogens is 1. The zero-order valence-electron chi connectivity index (χ0n) is 9.42. The van der Waals surface area contributed by atoms with Gasteiger partial charge in [-0.1, -0.05) is 11.6 Å². The third kappa shape index (κ3) is 2.60. The first-order valence-corrected chi connectivity index (χ1v) is 5.95. The van der Waals surface area contributed by atoms with Crippen LogP contribution in [0.2, 0.25) is 5.02 Å². The van der Waals surface area contributed by atoms with E-state index < -0.39 is 0 Å². The Morgan fingerprint density at radius 1 is 1.56 bits per heavy atom. The van der Waals surface area contributed by atoms with E-state index in [2.05, 4.69) is 5.32 Å². The van der Waals surface area contributed by atoms with Crippen LogP contribution in [0.25, 0.3) is 0 Å². The number of nitrogens with two attached hydrogens (primary N) is 1. The maximum atomic E-state index is 5.98. The molecule has 0 spiro atoms. The summed E-state index contributed by atoms with van der Waals surface area (Å²) in [5.41, 5.74) is 8.50. The molecule has 0 saturated carbocycles. The minimum absolute atomic E-state index is 0.329.